The number of rotatable bonds is 5. The number of carbonyl (C=O) groups excluding carboxylic acids is 1. The third kappa shape index (κ3) is 4.76. The molecular formula is C21H29N5O. The van der Waals surface area contributed by atoms with Gasteiger partial charge < -0.3 is 10.6 Å². The fraction of sp³-hybridized carbons (Fsp3) is 0.524. The predicted molar refractivity (Wildman–Crippen MR) is 107 cm³/mol. The van der Waals surface area contributed by atoms with Gasteiger partial charge in [0.1, 0.15) is 0 Å². The molecule has 0 bridgehead atoms. The molecule has 1 amide bonds. The number of nitrogens with one attached hydrogen (secondary N) is 2. The highest BCUT2D eigenvalue weighted by Crippen LogP contribution is 2.18. The van der Waals surface area contributed by atoms with E-state index in [2.05, 4.69) is 32.8 Å². The second-order valence-corrected chi connectivity index (χ2v) is 7.67. The molecule has 2 N–H and O–H groups in total. The normalized spacial score (nSPS) is 21.1. The van der Waals surface area contributed by atoms with Crippen LogP contribution in [0.4, 0.5) is 5.69 Å². The molecule has 0 saturated carbocycles. The third-order valence-corrected chi connectivity index (χ3v) is 5.53. The van der Waals surface area contributed by atoms with E-state index in [0.29, 0.717) is 11.7 Å². The summed E-state index contributed by atoms with van der Waals surface area (Å²) in [7, 11) is 0. The highest BCUT2D eigenvalue weighted by atomic mass is 16.1. The number of benzene rings is 1. The molecule has 2 saturated heterocycles. The number of aromatic nitrogens is 2. The van der Waals surface area contributed by atoms with Gasteiger partial charge in [-0.15, -0.1) is 0 Å². The lowest BCUT2D eigenvalue weighted by Crippen LogP contribution is -2.32. The summed E-state index contributed by atoms with van der Waals surface area (Å²) in [5.74, 6) is -0.146. The number of amides is 1. The summed E-state index contributed by atoms with van der Waals surface area (Å²) < 4.78 is 1.92. The third-order valence-electron chi connectivity index (χ3n) is 5.53. The van der Waals surface area contributed by atoms with Crippen molar-refractivity contribution in [3.05, 3.63) is 47.8 Å². The molecule has 1 aromatic carbocycles. The van der Waals surface area contributed by atoms with Gasteiger partial charge >= 0.3 is 0 Å². The first-order valence-electron chi connectivity index (χ1n) is 10.2. The Kier molecular flexibility index (Phi) is 5.84. The summed E-state index contributed by atoms with van der Waals surface area (Å²) in [5, 5.41) is 10.9. The Bertz CT molecular complexity index is 759. The monoisotopic (exact) mass is 367 g/mol. The Morgan fingerprint density at radius 2 is 2.07 bits per heavy atom. The second-order valence-electron chi connectivity index (χ2n) is 7.67. The summed E-state index contributed by atoms with van der Waals surface area (Å²) >= 11 is 0. The minimum Gasteiger partial charge on any atom is -0.321 e. The van der Waals surface area contributed by atoms with Gasteiger partial charge in [0.25, 0.3) is 5.91 Å². The number of carbonyl (C=O) groups is 1. The molecule has 6 heteroatoms. The zero-order valence-electron chi connectivity index (χ0n) is 15.9. The van der Waals surface area contributed by atoms with Gasteiger partial charge in [-0.05, 0) is 69.1 Å². The Morgan fingerprint density at radius 3 is 2.89 bits per heavy atom. The van der Waals surface area contributed by atoms with Gasteiger partial charge in [-0.3, -0.25) is 14.4 Å². The maximum absolute atomic E-state index is 12.6. The molecule has 27 heavy (non-hydrogen) atoms. The average molecular weight is 367 g/mol. The number of hydrogen-bond acceptors (Lipinski definition) is 4. The van der Waals surface area contributed by atoms with E-state index in [-0.39, 0.29) is 5.91 Å². The number of likely N-dealkylation sites (tertiary alicyclic amines) is 1. The molecule has 1 atom stereocenters. The summed E-state index contributed by atoms with van der Waals surface area (Å²) in [6, 6.07) is 10.3. The van der Waals surface area contributed by atoms with Crippen molar-refractivity contribution in [2.24, 2.45) is 0 Å². The zero-order chi connectivity index (χ0) is 18.5. The van der Waals surface area contributed by atoms with Crippen LogP contribution in [0.15, 0.2) is 36.5 Å². The van der Waals surface area contributed by atoms with Crippen molar-refractivity contribution in [3.8, 4) is 0 Å². The molecule has 0 radical (unpaired) electrons. The van der Waals surface area contributed by atoms with E-state index in [4.69, 9.17) is 0 Å². The SMILES string of the molecule is O=C(Nc1cccc(CN2CCCCC2)c1)c1ccn(C2CCCNC2)n1. The number of nitrogens with zero attached hydrogens (tertiary/aromatic N) is 3. The Labute approximate surface area is 160 Å². The van der Waals surface area contributed by atoms with Gasteiger partial charge in [0, 0.05) is 25.0 Å². The molecule has 2 aromatic rings. The first-order chi connectivity index (χ1) is 13.3. The van der Waals surface area contributed by atoms with Crippen molar-refractivity contribution < 1.29 is 4.79 Å². The number of hydrogen-bond donors (Lipinski definition) is 2. The van der Waals surface area contributed by atoms with Crippen LogP contribution >= 0.6 is 0 Å². The molecule has 144 valence electrons. The van der Waals surface area contributed by atoms with Crippen LogP contribution in [0.1, 0.15) is 54.2 Å². The molecule has 4 rings (SSSR count). The molecule has 2 fully saturated rings. The molecule has 6 nitrogen and oxygen atoms in total. The standard InChI is InChI=1S/C21H29N5O/c27-21(20-9-13-26(24-20)19-8-5-10-22-15-19)23-18-7-4-6-17(14-18)16-25-11-2-1-3-12-25/h4,6-7,9,13-14,19,22H,1-3,5,8,10-12,15-16H2,(H,23,27). The summed E-state index contributed by atoms with van der Waals surface area (Å²) in [6.07, 6.45) is 8.09. The largest absolute Gasteiger partial charge is 0.321 e. The van der Waals surface area contributed by atoms with E-state index in [0.717, 1.165) is 38.2 Å². The fourth-order valence-corrected chi connectivity index (χ4v) is 4.04. The lowest BCUT2D eigenvalue weighted by Gasteiger charge is -2.26. The first kappa shape index (κ1) is 18.2. The quantitative estimate of drug-likeness (QED) is 0.853. The van der Waals surface area contributed by atoms with E-state index in [1.54, 1.807) is 0 Å². The van der Waals surface area contributed by atoms with Crippen molar-refractivity contribution in [2.45, 2.75) is 44.7 Å². The van der Waals surface area contributed by atoms with Crippen LogP contribution in [0.3, 0.4) is 0 Å². The lowest BCUT2D eigenvalue weighted by molar-refractivity contribution is 0.102. The van der Waals surface area contributed by atoms with Gasteiger partial charge in [0.2, 0.25) is 0 Å². The van der Waals surface area contributed by atoms with Crippen molar-refractivity contribution in [1.82, 2.24) is 20.0 Å². The highest BCUT2D eigenvalue weighted by molar-refractivity contribution is 6.02. The maximum atomic E-state index is 12.6. The average Bonchev–Trinajstić information content (AvgIpc) is 3.20. The van der Waals surface area contributed by atoms with Crippen molar-refractivity contribution in [3.63, 3.8) is 0 Å². The van der Waals surface area contributed by atoms with Crippen LogP contribution in [0, 0.1) is 0 Å². The van der Waals surface area contributed by atoms with E-state index < -0.39 is 0 Å². The topological polar surface area (TPSA) is 62.2 Å². The Hall–Kier alpha value is -2.18. The Morgan fingerprint density at radius 1 is 1.19 bits per heavy atom. The first-order valence-corrected chi connectivity index (χ1v) is 10.2. The van der Waals surface area contributed by atoms with Gasteiger partial charge in [-0.25, -0.2) is 0 Å². The molecule has 2 aliphatic heterocycles. The summed E-state index contributed by atoms with van der Waals surface area (Å²) in [4.78, 5) is 15.1. The highest BCUT2D eigenvalue weighted by Gasteiger charge is 2.18. The molecule has 2 aliphatic rings. The van der Waals surface area contributed by atoms with Crippen LogP contribution < -0.4 is 10.6 Å². The van der Waals surface area contributed by atoms with Crippen LogP contribution in [-0.2, 0) is 6.54 Å². The molecule has 3 heterocycles. The zero-order valence-corrected chi connectivity index (χ0v) is 15.9. The van der Waals surface area contributed by atoms with Crippen LogP contribution in [0.5, 0.6) is 0 Å². The van der Waals surface area contributed by atoms with Crippen molar-refractivity contribution >= 4 is 11.6 Å². The smallest absolute Gasteiger partial charge is 0.276 e. The molecule has 0 spiro atoms. The molecule has 0 aliphatic carbocycles. The molecular weight excluding hydrogens is 338 g/mol. The van der Waals surface area contributed by atoms with E-state index >= 15 is 0 Å². The maximum Gasteiger partial charge on any atom is 0.276 e. The Balaban J connectivity index is 1.37. The molecule has 1 aromatic heterocycles. The summed E-state index contributed by atoms with van der Waals surface area (Å²) in [6.45, 7) is 5.28. The lowest BCUT2D eigenvalue weighted by atomic mass is 10.1. The van der Waals surface area contributed by atoms with Gasteiger partial charge in [-0.2, -0.15) is 5.10 Å². The van der Waals surface area contributed by atoms with Crippen LogP contribution in [0.2, 0.25) is 0 Å². The van der Waals surface area contributed by atoms with Crippen molar-refractivity contribution in [1.29, 1.82) is 0 Å². The van der Waals surface area contributed by atoms with Crippen LogP contribution in [-0.4, -0.2) is 46.8 Å². The van der Waals surface area contributed by atoms with E-state index in [1.807, 2.05) is 29.1 Å². The fourth-order valence-electron chi connectivity index (χ4n) is 4.04. The summed E-state index contributed by atoms with van der Waals surface area (Å²) in [5.41, 5.74) is 2.55. The second kappa shape index (κ2) is 8.67. The van der Waals surface area contributed by atoms with Gasteiger partial charge in [0.05, 0.1) is 6.04 Å². The van der Waals surface area contributed by atoms with E-state index in [1.165, 1.54) is 37.9 Å². The van der Waals surface area contributed by atoms with Gasteiger partial charge in [0.15, 0.2) is 5.69 Å². The number of piperidine rings is 2. The minimum atomic E-state index is -0.146. The van der Waals surface area contributed by atoms with E-state index in [9.17, 15) is 4.79 Å². The van der Waals surface area contributed by atoms with Gasteiger partial charge in [-0.1, -0.05) is 18.6 Å². The van der Waals surface area contributed by atoms with Crippen molar-refractivity contribution in [2.75, 3.05) is 31.5 Å². The van der Waals surface area contributed by atoms with Crippen LogP contribution in [0.25, 0.3) is 0 Å². The predicted octanol–water partition coefficient (Wildman–Crippen LogP) is 3.05. The molecule has 1 unspecified atom stereocenters. The number of anilines is 1. The minimum absolute atomic E-state index is 0.146.